The summed E-state index contributed by atoms with van der Waals surface area (Å²) in [5, 5.41) is 0. The Kier molecular flexibility index (Phi) is 3.02. The van der Waals surface area contributed by atoms with E-state index in [4.69, 9.17) is 0 Å². The van der Waals surface area contributed by atoms with Crippen LogP contribution < -0.4 is 0 Å². The summed E-state index contributed by atoms with van der Waals surface area (Å²) in [7, 11) is 0. The lowest BCUT2D eigenvalue weighted by Crippen LogP contribution is -2.03. The second-order valence-corrected chi connectivity index (χ2v) is 4.43. The molecule has 15 heavy (non-hydrogen) atoms. The van der Waals surface area contributed by atoms with Gasteiger partial charge >= 0.3 is 0 Å². The Morgan fingerprint density at radius 1 is 1.20 bits per heavy atom. The molecule has 3 nitrogen and oxygen atoms in total. The van der Waals surface area contributed by atoms with Gasteiger partial charge in [0.1, 0.15) is 9.21 Å². The Morgan fingerprint density at radius 2 is 1.87 bits per heavy atom. The molecule has 0 aliphatic carbocycles. The van der Waals surface area contributed by atoms with Crippen LogP contribution in [0.4, 0.5) is 0 Å². The summed E-state index contributed by atoms with van der Waals surface area (Å²) in [5.41, 5.74) is 0.617. The highest BCUT2D eigenvalue weighted by Gasteiger charge is 2.14. The van der Waals surface area contributed by atoms with Crippen LogP contribution in [-0.4, -0.2) is 15.8 Å². The van der Waals surface area contributed by atoms with Crippen LogP contribution in [-0.2, 0) is 0 Å². The van der Waals surface area contributed by atoms with Crippen LogP contribution in [0.2, 0.25) is 0 Å². The molecule has 2 aromatic rings. The van der Waals surface area contributed by atoms with Gasteiger partial charge in [0.25, 0.3) is 0 Å². The van der Waals surface area contributed by atoms with E-state index < -0.39 is 0 Å². The maximum Gasteiger partial charge on any atom is 0.228 e. The number of ketones is 1. The number of aromatic nitrogens is 2. The molecule has 0 saturated carbocycles. The molecule has 1 N–H and O–H groups in total. The summed E-state index contributed by atoms with van der Waals surface area (Å²) in [4.78, 5) is 18.8. The van der Waals surface area contributed by atoms with Gasteiger partial charge in [-0.3, -0.25) is 4.79 Å². The molecule has 0 amide bonds. The smallest absolute Gasteiger partial charge is 0.228 e. The number of imidazole rings is 1. The average molecular weight is 330 g/mol. The third kappa shape index (κ3) is 2.18. The maximum absolute atomic E-state index is 11.9. The Morgan fingerprint density at radius 3 is 2.40 bits per heavy atom. The van der Waals surface area contributed by atoms with Crippen molar-refractivity contribution >= 4 is 37.6 Å². The molecule has 76 valence electrons. The number of hydrogen-bond donors (Lipinski definition) is 1. The molecule has 0 aliphatic rings. The van der Waals surface area contributed by atoms with Crippen molar-refractivity contribution < 1.29 is 4.79 Å². The maximum atomic E-state index is 11.9. The van der Waals surface area contributed by atoms with Gasteiger partial charge in [0.05, 0.1) is 0 Å². The van der Waals surface area contributed by atoms with Gasteiger partial charge in [-0.1, -0.05) is 30.3 Å². The summed E-state index contributed by atoms with van der Waals surface area (Å²) < 4.78 is 1.27. The van der Waals surface area contributed by atoms with Gasteiger partial charge in [-0.05, 0) is 31.9 Å². The van der Waals surface area contributed by atoms with Crippen molar-refractivity contribution in [2.45, 2.75) is 0 Å². The van der Waals surface area contributed by atoms with E-state index in [1.165, 1.54) is 0 Å². The van der Waals surface area contributed by atoms with Crippen molar-refractivity contribution in [1.29, 1.82) is 0 Å². The Balaban J connectivity index is 2.37. The number of H-pyrrole nitrogens is 1. The molecule has 1 heterocycles. The second kappa shape index (κ2) is 4.28. The third-order valence-electron chi connectivity index (χ3n) is 1.87. The predicted molar refractivity (Wildman–Crippen MR) is 63.9 cm³/mol. The lowest BCUT2D eigenvalue weighted by atomic mass is 10.1. The monoisotopic (exact) mass is 328 g/mol. The summed E-state index contributed by atoms with van der Waals surface area (Å²) >= 11 is 6.46. The average Bonchev–Trinajstić information content (AvgIpc) is 2.59. The Labute approximate surface area is 103 Å². The normalized spacial score (nSPS) is 10.3. The van der Waals surface area contributed by atoms with Crippen molar-refractivity contribution in [2.24, 2.45) is 0 Å². The van der Waals surface area contributed by atoms with Crippen LogP contribution in [0.15, 0.2) is 39.5 Å². The highest BCUT2D eigenvalue weighted by Crippen LogP contribution is 2.20. The second-order valence-electron chi connectivity index (χ2n) is 2.89. The molecule has 0 radical (unpaired) electrons. The van der Waals surface area contributed by atoms with Crippen molar-refractivity contribution in [2.75, 3.05) is 0 Å². The van der Waals surface area contributed by atoms with Crippen LogP contribution in [0, 0.1) is 0 Å². The molecule has 2 rings (SSSR count). The van der Waals surface area contributed by atoms with Gasteiger partial charge in [0.15, 0.2) is 5.82 Å². The van der Waals surface area contributed by atoms with Crippen LogP contribution in [0.1, 0.15) is 16.2 Å². The van der Waals surface area contributed by atoms with Crippen LogP contribution in [0.5, 0.6) is 0 Å². The molecule has 0 fully saturated rings. The number of halogens is 2. The van der Waals surface area contributed by atoms with E-state index in [9.17, 15) is 4.79 Å². The Bertz CT molecular complexity index is 474. The molecule has 0 bridgehead atoms. The Hall–Kier alpha value is -0.940. The van der Waals surface area contributed by atoms with E-state index in [1.54, 1.807) is 12.1 Å². The summed E-state index contributed by atoms with van der Waals surface area (Å²) in [6.07, 6.45) is 0. The first-order valence-corrected chi connectivity index (χ1v) is 5.78. The number of hydrogen-bond acceptors (Lipinski definition) is 2. The van der Waals surface area contributed by atoms with Crippen LogP contribution >= 0.6 is 31.9 Å². The molecule has 0 unspecified atom stereocenters. The van der Waals surface area contributed by atoms with Crippen LogP contribution in [0.3, 0.4) is 0 Å². The zero-order valence-corrected chi connectivity index (χ0v) is 10.7. The van der Waals surface area contributed by atoms with Gasteiger partial charge in [0, 0.05) is 5.56 Å². The molecule has 5 heteroatoms. The number of rotatable bonds is 2. The third-order valence-corrected chi connectivity index (χ3v) is 3.55. The number of nitrogens with one attached hydrogen (secondary N) is 1. The van der Waals surface area contributed by atoms with E-state index in [0.717, 1.165) is 0 Å². The van der Waals surface area contributed by atoms with Crippen molar-refractivity contribution in [3.63, 3.8) is 0 Å². The van der Waals surface area contributed by atoms with Gasteiger partial charge in [-0.15, -0.1) is 0 Å². The van der Waals surface area contributed by atoms with E-state index >= 15 is 0 Å². The van der Waals surface area contributed by atoms with Crippen LogP contribution in [0.25, 0.3) is 0 Å². The highest BCUT2D eigenvalue weighted by molar-refractivity contribution is 9.13. The van der Waals surface area contributed by atoms with E-state index in [-0.39, 0.29) is 5.78 Å². The molecule has 1 aromatic heterocycles. The lowest BCUT2D eigenvalue weighted by Gasteiger charge is -1.95. The SMILES string of the molecule is O=C(c1ccccc1)c1nc(Br)c(Br)[nH]1. The summed E-state index contributed by atoms with van der Waals surface area (Å²) in [5.74, 6) is 0.196. The number of nitrogens with zero attached hydrogens (tertiary/aromatic N) is 1. The molecule has 0 atom stereocenters. The van der Waals surface area contributed by atoms with Gasteiger partial charge in [0.2, 0.25) is 5.78 Å². The fourth-order valence-electron chi connectivity index (χ4n) is 1.16. The standard InChI is InChI=1S/C10H6Br2N2O/c11-8-9(12)14-10(13-8)7(15)6-4-2-1-3-5-6/h1-5H,(H,13,14). The largest absolute Gasteiger partial charge is 0.329 e. The topological polar surface area (TPSA) is 45.8 Å². The molecular weight excluding hydrogens is 324 g/mol. The first-order valence-electron chi connectivity index (χ1n) is 4.19. The number of aromatic amines is 1. The van der Waals surface area contributed by atoms with Crippen molar-refractivity contribution in [3.8, 4) is 0 Å². The molecule has 1 aromatic carbocycles. The molecule has 0 spiro atoms. The fourth-order valence-corrected chi connectivity index (χ4v) is 1.72. The lowest BCUT2D eigenvalue weighted by molar-refractivity contribution is 0.103. The zero-order chi connectivity index (χ0) is 10.8. The predicted octanol–water partition coefficient (Wildman–Crippen LogP) is 3.17. The minimum atomic E-state index is -0.123. The van der Waals surface area contributed by atoms with E-state index in [0.29, 0.717) is 20.6 Å². The number of carbonyl (C=O) groups excluding carboxylic acids is 1. The first-order chi connectivity index (χ1) is 7.18. The highest BCUT2D eigenvalue weighted by atomic mass is 79.9. The van der Waals surface area contributed by atoms with Gasteiger partial charge in [-0.2, -0.15) is 0 Å². The number of carbonyl (C=O) groups is 1. The molecular formula is C10H6Br2N2O. The first kappa shape index (κ1) is 10.6. The molecule has 0 saturated heterocycles. The minimum Gasteiger partial charge on any atom is -0.329 e. The molecule has 0 aliphatic heterocycles. The van der Waals surface area contributed by atoms with Gasteiger partial charge in [-0.25, -0.2) is 4.98 Å². The van der Waals surface area contributed by atoms with E-state index in [1.807, 2.05) is 18.2 Å². The van der Waals surface area contributed by atoms with Crippen molar-refractivity contribution in [1.82, 2.24) is 9.97 Å². The number of benzene rings is 1. The fraction of sp³-hybridized carbons (Fsp3) is 0. The quantitative estimate of drug-likeness (QED) is 0.860. The van der Waals surface area contributed by atoms with Crippen molar-refractivity contribution in [3.05, 3.63) is 50.9 Å². The van der Waals surface area contributed by atoms with E-state index in [2.05, 4.69) is 41.8 Å². The zero-order valence-electron chi connectivity index (χ0n) is 7.50. The van der Waals surface area contributed by atoms with Gasteiger partial charge < -0.3 is 4.98 Å². The summed E-state index contributed by atoms with van der Waals surface area (Å²) in [6, 6.07) is 9.02. The minimum absolute atomic E-state index is 0.123. The summed E-state index contributed by atoms with van der Waals surface area (Å²) in [6.45, 7) is 0.